The lowest BCUT2D eigenvalue weighted by atomic mass is 9.79. The normalized spacial score (nSPS) is 26.6. The van der Waals surface area contributed by atoms with Crippen LogP contribution in [0.2, 0.25) is 0 Å². The SMILES string of the molecule is CN=C(NCC1(N2CCCCC2)CCCCC1)N1CCC(c2cnn(C)c2)C1. The molecule has 3 fully saturated rings. The third kappa shape index (κ3) is 4.22. The van der Waals surface area contributed by atoms with E-state index in [1.54, 1.807) is 0 Å². The third-order valence-electron chi connectivity index (χ3n) is 7.28. The van der Waals surface area contributed by atoms with Gasteiger partial charge < -0.3 is 10.2 Å². The van der Waals surface area contributed by atoms with Gasteiger partial charge in [-0.15, -0.1) is 0 Å². The van der Waals surface area contributed by atoms with Crippen LogP contribution in [0.4, 0.5) is 0 Å². The number of nitrogens with zero attached hydrogens (tertiary/aromatic N) is 5. The Hall–Kier alpha value is -1.56. The molecule has 4 rings (SSSR count). The minimum absolute atomic E-state index is 0.344. The van der Waals surface area contributed by atoms with Gasteiger partial charge in [0.1, 0.15) is 0 Å². The minimum Gasteiger partial charge on any atom is -0.354 e. The highest BCUT2D eigenvalue weighted by Crippen LogP contribution is 2.35. The Balaban J connectivity index is 1.38. The Bertz CT molecular complexity index is 654. The molecule has 0 bridgehead atoms. The topological polar surface area (TPSA) is 48.7 Å². The lowest BCUT2D eigenvalue weighted by Crippen LogP contribution is -2.59. The van der Waals surface area contributed by atoms with Gasteiger partial charge in [-0.05, 0) is 50.8 Å². The van der Waals surface area contributed by atoms with Gasteiger partial charge in [-0.2, -0.15) is 5.10 Å². The van der Waals surface area contributed by atoms with Crippen molar-refractivity contribution >= 4 is 5.96 Å². The summed E-state index contributed by atoms with van der Waals surface area (Å²) in [5.74, 6) is 1.66. The first-order valence-electron chi connectivity index (χ1n) is 11.4. The highest BCUT2D eigenvalue weighted by molar-refractivity contribution is 5.80. The Labute approximate surface area is 170 Å². The average molecular weight is 387 g/mol. The van der Waals surface area contributed by atoms with E-state index in [1.807, 2.05) is 25.0 Å². The summed E-state index contributed by atoms with van der Waals surface area (Å²) in [6.45, 7) is 5.74. The van der Waals surface area contributed by atoms with Crippen LogP contribution in [0.3, 0.4) is 0 Å². The van der Waals surface area contributed by atoms with Crippen LogP contribution in [-0.2, 0) is 7.05 Å². The summed E-state index contributed by atoms with van der Waals surface area (Å²) in [6.07, 6.45) is 16.4. The van der Waals surface area contributed by atoms with Crippen LogP contribution in [0.5, 0.6) is 0 Å². The van der Waals surface area contributed by atoms with Crippen LogP contribution >= 0.6 is 0 Å². The number of aromatic nitrogens is 2. The van der Waals surface area contributed by atoms with Gasteiger partial charge in [0, 0.05) is 51.4 Å². The largest absolute Gasteiger partial charge is 0.354 e. The summed E-state index contributed by atoms with van der Waals surface area (Å²) < 4.78 is 1.91. The molecule has 2 aliphatic heterocycles. The fraction of sp³-hybridized carbons (Fsp3) is 0.818. The molecule has 3 aliphatic rings. The molecular weight excluding hydrogens is 348 g/mol. The zero-order valence-corrected chi connectivity index (χ0v) is 17.9. The first-order chi connectivity index (χ1) is 13.7. The molecule has 0 aromatic carbocycles. The van der Waals surface area contributed by atoms with Crippen molar-refractivity contribution < 1.29 is 0 Å². The Kier molecular flexibility index (Phi) is 6.24. The van der Waals surface area contributed by atoms with Crippen LogP contribution < -0.4 is 5.32 Å². The zero-order valence-electron chi connectivity index (χ0n) is 17.9. The van der Waals surface area contributed by atoms with Gasteiger partial charge in [-0.3, -0.25) is 14.6 Å². The van der Waals surface area contributed by atoms with Crippen molar-refractivity contribution in [2.24, 2.45) is 12.0 Å². The average Bonchev–Trinajstić information content (AvgIpc) is 3.39. The van der Waals surface area contributed by atoms with Crippen molar-refractivity contribution in [3.8, 4) is 0 Å². The summed E-state index contributed by atoms with van der Waals surface area (Å²) in [7, 11) is 3.94. The van der Waals surface area contributed by atoms with Crippen molar-refractivity contribution in [1.82, 2.24) is 24.9 Å². The number of piperidine rings is 1. The molecule has 0 spiro atoms. The Morgan fingerprint density at radius 1 is 1.14 bits per heavy atom. The van der Waals surface area contributed by atoms with E-state index >= 15 is 0 Å². The molecule has 1 aromatic rings. The van der Waals surface area contributed by atoms with Crippen molar-refractivity contribution in [3.05, 3.63) is 18.0 Å². The molecule has 0 radical (unpaired) electrons. The maximum Gasteiger partial charge on any atom is 0.193 e. The molecule has 2 saturated heterocycles. The first-order valence-corrected chi connectivity index (χ1v) is 11.4. The number of nitrogens with one attached hydrogen (secondary N) is 1. The van der Waals surface area contributed by atoms with Gasteiger partial charge in [-0.25, -0.2) is 0 Å². The number of aryl methyl sites for hydroxylation is 1. The zero-order chi connectivity index (χ0) is 19.4. The van der Waals surface area contributed by atoms with Crippen LogP contribution in [0.25, 0.3) is 0 Å². The van der Waals surface area contributed by atoms with Gasteiger partial charge >= 0.3 is 0 Å². The fourth-order valence-electron chi connectivity index (χ4n) is 5.63. The maximum atomic E-state index is 4.66. The predicted octanol–water partition coefficient (Wildman–Crippen LogP) is 2.97. The second-order valence-corrected chi connectivity index (χ2v) is 9.11. The molecule has 156 valence electrons. The number of hydrogen-bond donors (Lipinski definition) is 1. The lowest BCUT2D eigenvalue weighted by Gasteiger charge is -2.48. The molecule has 1 N–H and O–H groups in total. The molecule has 1 aliphatic carbocycles. The van der Waals surface area contributed by atoms with Crippen LogP contribution in [0, 0.1) is 0 Å². The second kappa shape index (κ2) is 8.85. The number of aliphatic imine (C=N–C) groups is 1. The molecule has 28 heavy (non-hydrogen) atoms. The molecule has 0 amide bonds. The molecule has 1 saturated carbocycles. The smallest absolute Gasteiger partial charge is 0.193 e. The van der Waals surface area contributed by atoms with Gasteiger partial charge in [-0.1, -0.05) is 25.7 Å². The molecule has 1 aromatic heterocycles. The fourth-order valence-corrected chi connectivity index (χ4v) is 5.63. The summed E-state index contributed by atoms with van der Waals surface area (Å²) in [5, 5.41) is 8.17. The minimum atomic E-state index is 0.344. The van der Waals surface area contributed by atoms with Crippen LogP contribution in [0.15, 0.2) is 17.4 Å². The quantitative estimate of drug-likeness (QED) is 0.638. The monoisotopic (exact) mass is 386 g/mol. The molecule has 6 nitrogen and oxygen atoms in total. The second-order valence-electron chi connectivity index (χ2n) is 9.11. The summed E-state index contributed by atoms with van der Waals surface area (Å²) in [5.41, 5.74) is 1.70. The van der Waals surface area contributed by atoms with Crippen LogP contribution in [0.1, 0.15) is 69.3 Å². The van der Waals surface area contributed by atoms with Gasteiger partial charge in [0.05, 0.1) is 6.20 Å². The van der Waals surface area contributed by atoms with Crippen molar-refractivity contribution in [2.45, 2.75) is 69.2 Å². The van der Waals surface area contributed by atoms with E-state index in [0.29, 0.717) is 11.5 Å². The third-order valence-corrected chi connectivity index (χ3v) is 7.28. The molecule has 3 heterocycles. The van der Waals surface area contributed by atoms with Gasteiger partial charge in [0.2, 0.25) is 0 Å². The van der Waals surface area contributed by atoms with Gasteiger partial charge in [0.25, 0.3) is 0 Å². The molecule has 1 atom stereocenters. The number of likely N-dealkylation sites (tertiary alicyclic amines) is 2. The van der Waals surface area contributed by atoms with Crippen LogP contribution in [-0.4, -0.2) is 70.9 Å². The van der Waals surface area contributed by atoms with E-state index in [9.17, 15) is 0 Å². The maximum absolute atomic E-state index is 4.66. The van der Waals surface area contributed by atoms with E-state index in [-0.39, 0.29) is 0 Å². The van der Waals surface area contributed by atoms with E-state index in [4.69, 9.17) is 0 Å². The van der Waals surface area contributed by atoms with Gasteiger partial charge in [0.15, 0.2) is 5.96 Å². The van der Waals surface area contributed by atoms with Crippen molar-refractivity contribution in [1.29, 1.82) is 0 Å². The summed E-state index contributed by atoms with van der Waals surface area (Å²) >= 11 is 0. The van der Waals surface area contributed by atoms with Crippen molar-refractivity contribution in [3.63, 3.8) is 0 Å². The highest BCUT2D eigenvalue weighted by Gasteiger charge is 2.39. The first kappa shape index (κ1) is 19.7. The summed E-state index contributed by atoms with van der Waals surface area (Å²) in [6, 6.07) is 0. The molecule has 1 unspecified atom stereocenters. The Morgan fingerprint density at radius 2 is 1.89 bits per heavy atom. The highest BCUT2D eigenvalue weighted by atomic mass is 15.3. The number of guanidine groups is 1. The molecular formula is C22H38N6. The van der Waals surface area contributed by atoms with E-state index < -0.39 is 0 Å². The molecule has 6 heteroatoms. The number of rotatable bonds is 4. The summed E-state index contributed by atoms with van der Waals surface area (Å²) in [4.78, 5) is 9.92. The predicted molar refractivity (Wildman–Crippen MR) is 115 cm³/mol. The van der Waals surface area contributed by atoms with E-state index in [1.165, 1.54) is 76.4 Å². The Morgan fingerprint density at radius 3 is 2.57 bits per heavy atom. The lowest BCUT2D eigenvalue weighted by molar-refractivity contribution is 0.0364. The standard InChI is InChI=1S/C22H38N6/c1-23-21(27-14-9-19(17-27)20-15-25-26(2)16-20)24-18-22(10-5-3-6-11-22)28-12-7-4-8-13-28/h15-16,19H,3-14,17-18H2,1-2H3,(H,23,24). The van der Waals surface area contributed by atoms with E-state index in [2.05, 4.69) is 31.4 Å². The van der Waals surface area contributed by atoms with E-state index in [0.717, 1.165) is 25.6 Å². The number of hydrogen-bond acceptors (Lipinski definition) is 3. The van der Waals surface area contributed by atoms with Crippen molar-refractivity contribution in [2.75, 3.05) is 39.8 Å².